The minimum Gasteiger partial charge on any atom is -0.392 e. The maximum Gasteiger partial charge on any atom is 0.0706 e. The Balaban J connectivity index is 2.96. The van der Waals surface area contributed by atoms with Crippen molar-refractivity contribution in [1.82, 2.24) is 4.98 Å². The molecule has 0 atom stereocenters. The van der Waals surface area contributed by atoms with Crippen LogP contribution in [0.4, 0.5) is 0 Å². The van der Waals surface area contributed by atoms with Crippen molar-refractivity contribution < 1.29 is 5.11 Å². The smallest absolute Gasteiger partial charge is 0.0706 e. The van der Waals surface area contributed by atoms with E-state index in [0.29, 0.717) is 5.92 Å². The summed E-state index contributed by atoms with van der Waals surface area (Å²) in [5, 5.41) is 10.3. The zero-order valence-electron chi connectivity index (χ0n) is 17.4. The van der Waals surface area contributed by atoms with E-state index < -0.39 is 0 Å². The molecule has 0 bridgehead atoms. The molecule has 0 aliphatic rings. The summed E-state index contributed by atoms with van der Waals surface area (Å²) in [6.07, 6.45) is 8.45. The number of unbranched alkanes of at least 4 members (excludes halogenated alkanes) is 1. The van der Waals surface area contributed by atoms with Crippen LogP contribution < -0.4 is 0 Å². The maximum atomic E-state index is 10.3. The Labute approximate surface area is 164 Å². The first-order chi connectivity index (χ1) is 13.0. The highest BCUT2D eigenvalue weighted by Gasteiger charge is 2.23. The first-order valence-electron chi connectivity index (χ1n) is 10.0. The second-order valence-electron chi connectivity index (χ2n) is 7.60. The number of benzene rings is 1. The van der Waals surface area contributed by atoms with Crippen molar-refractivity contribution in [2.75, 3.05) is 0 Å². The molecule has 27 heavy (non-hydrogen) atoms. The third-order valence-electron chi connectivity index (χ3n) is 4.84. The third kappa shape index (κ3) is 4.56. The summed E-state index contributed by atoms with van der Waals surface area (Å²) in [6.45, 7) is 14.8. The number of nitrogens with zero attached hydrogens (tertiary/aromatic N) is 1. The van der Waals surface area contributed by atoms with Gasteiger partial charge < -0.3 is 5.11 Å². The molecule has 1 N–H and O–H groups in total. The van der Waals surface area contributed by atoms with Crippen LogP contribution in [-0.2, 0) is 6.61 Å². The summed E-state index contributed by atoms with van der Waals surface area (Å²) in [7, 11) is 0. The largest absolute Gasteiger partial charge is 0.392 e. The van der Waals surface area contributed by atoms with E-state index in [4.69, 9.17) is 4.98 Å². The first-order valence-corrected chi connectivity index (χ1v) is 10.0. The van der Waals surface area contributed by atoms with Gasteiger partial charge in [0.25, 0.3) is 0 Å². The molecule has 0 saturated heterocycles. The fourth-order valence-corrected chi connectivity index (χ4v) is 3.50. The van der Waals surface area contributed by atoms with Crippen molar-refractivity contribution in [3.05, 3.63) is 65.0 Å². The number of aliphatic hydroxyl groups excluding tert-OH is 1. The number of pyridine rings is 1. The molecule has 2 heteroatoms. The van der Waals surface area contributed by atoms with Gasteiger partial charge in [-0.15, -0.1) is 0 Å². The van der Waals surface area contributed by atoms with Gasteiger partial charge in [0.2, 0.25) is 0 Å². The van der Waals surface area contributed by atoms with Gasteiger partial charge in [-0.3, -0.25) is 4.98 Å². The van der Waals surface area contributed by atoms with Crippen LogP contribution in [0.5, 0.6) is 0 Å². The SMILES string of the molecule is C=Cc1ccccc1-c1c(/C=C/CCC)c(C(C)C)nc(C(C)C)c1CO. The zero-order chi connectivity index (χ0) is 20.0. The van der Waals surface area contributed by atoms with E-state index in [0.717, 1.165) is 52.0 Å². The molecule has 1 aromatic carbocycles. The third-order valence-corrected chi connectivity index (χ3v) is 4.84. The molecule has 2 aromatic rings. The van der Waals surface area contributed by atoms with E-state index in [1.54, 1.807) is 0 Å². The van der Waals surface area contributed by atoms with Crippen LogP contribution in [0.25, 0.3) is 23.3 Å². The van der Waals surface area contributed by atoms with Crippen LogP contribution in [0, 0.1) is 0 Å². The summed E-state index contributed by atoms with van der Waals surface area (Å²) < 4.78 is 0. The Bertz CT molecular complexity index is 815. The average Bonchev–Trinajstić information content (AvgIpc) is 2.66. The fourth-order valence-electron chi connectivity index (χ4n) is 3.50. The molecule has 0 fully saturated rings. The van der Waals surface area contributed by atoms with Crippen LogP contribution >= 0.6 is 0 Å². The van der Waals surface area contributed by atoms with E-state index in [9.17, 15) is 5.11 Å². The second-order valence-corrected chi connectivity index (χ2v) is 7.60. The lowest BCUT2D eigenvalue weighted by molar-refractivity contribution is 0.280. The van der Waals surface area contributed by atoms with E-state index in [-0.39, 0.29) is 12.5 Å². The van der Waals surface area contributed by atoms with Crippen molar-refractivity contribution in [3.63, 3.8) is 0 Å². The van der Waals surface area contributed by atoms with Crippen molar-refractivity contribution in [2.45, 2.75) is 65.9 Å². The highest BCUT2D eigenvalue weighted by molar-refractivity contribution is 5.85. The highest BCUT2D eigenvalue weighted by atomic mass is 16.3. The average molecular weight is 364 g/mol. The molecular weight excluding hydrogens is 330 g/mol. The van der Waals surface area contributed by atoms with Gasteiger partial charge in [0.1, 0.15) is 0 Å². The van der Waals surface area contributed by atoms with Gasteiger partial charge in [0.05, 0.1) is 12.3 Å². The first kappa shape index (κ1) is 21.1. The Kier molecular flexibility index (Phi) is 7.55. The number of hydrogen-bond donors (Lipinski definition) is 1. The predicted octanol–water partition coefficient (Wildman–Crippen LogP) is 6.94. The Hall–Kier alpha value is -2.19. The molecule has 2 nitrogen and oxygen atoms in total. The zero-order valence-corrected chi connectivity index (χ0v) is 17.4. The standard InChI is InChI=1S/C25H33NO/c1-7-9-10-15-21-23(20-14-12-11-13-19(20)8-2)22(16-27)25(18(5)6)26-24(21)17(3)4/h8,10-15,17-18,27H,2,7,9,16H2,1,3-6H3/b15-10+. The number of aromatic nitrogens is 1. The Morgan fingerprint density at radius 3 is 2.30 bits per heavy atom. The number of allylic oxidation sites excluding steroid dienone is 1. The normalized spacial score (nSPS) is 11.7. The van der Waals surface area contributed by atoms with E-state index >= 15 is 0 Å². The summed E-state index contributed by atoms with van der Waals surface area (Å²) in [5.74, 6) is 0.541. The molecule has 0 radical (unpaired) electrons. The van der Waals surface area contributed by atoms with E-state index in [1.165, 1.54) is 0 Å². The molecule has 1 aromatic heterocycles. The lowest BCUT2D eigenvalue weighted by Crippen LogP contribution is -2.11. The highest BCUT2D eigenvalue weighted by Crippen LogP contribution is 2.39. The summed E-state index contributed by atoms with van der Waals surface area (Å²) in [6, 6.07) is 8.28. The van der Waals surface area contributed by atoms with Crippen LogP contribution in [0.2, 0.25) is 0 Å². The van der Waals surface area contributed by atoms with Gasteiger partial charge in [-0.1, -0.05) is 90.1 Å². The minimum atomic E-state index is -0.0195. The van der Waals surface area contributed by atoms with E-state index in [1.807, 2.05) is 18.2 Å². The van der Waals surface area contributed by atoms with Crippen LogP contribution in [-0.4, -0.2) is 10.1 Å². The van der Waals surface area contributed by atoms with Crippen LogP contribution in [0.1, 0.15) is 87.4 Å². The van der Waals surface area contributed by atoms with Crippen molar-refractivity contribution in [3.8, 4) is 11.1 Å². The molecule has 144 valence electrons. The molecule has 0 spiro atoms. The van der Waals surface area contributed by atoms with Crippen LogP contribution in [0.15, 0.2) is 36.9 Å². The van der Waals surface area contributed by atoms with Gasteiger partial charge in [-0.2, -0.15) is 0 Å². The predicted molar refractivity (Wildman–Crippen MR) is 118 cm³/mol. The van der Waals surface area contributed by atoms with Gasteiger partial charge in [0, 0.05) is 16.8 Å². The molecular formula is C25H33NO. The molecule has 2 rings (SSSR count). The van der Waals surface area contributed by atoms with E-state index in [2.05, 4.69) is 65.5 Å². The fraction of sp³-hybridized carbons (Fsp3) is 0.400. The van der Waals surface area contributed by atoms with Gasteiger partial charge >= 0.3 is 0 Å². The molecule has 0 aliphatic heterocycles. The van der Waals surface area contributed by atoms with Crippen molar-refractivity contribution >= 4 is 12.2 Å². The molecule has 0 saturated carbocycles. The Morgan fingerprint density at radius 1 is 1.07 bits per heavy atom. The lowest BCUT2D eigenvalue weighted by atomic mass is 9.85. The summed E-state index contributed by atoms with van der Waals surface area (Å²) >= 11 is 0. The minimum absolute atomic E-state index is 0.0195. The molecule has 1 heterocycles. The summed E-state index contributed by atoms with van der Waals surface area (Å²) in [4.78, 5) is 5.03. The van der Waals surface area contributed by atoms with Crippen molar-refractivity contribution in [1.29, 1.82) is 0 Å². The van der Waals surface area contributed by atoms with Gasteiger partial charge in [0.15, 0.2) is 0 Å². The Morgan fingerprint density at radius 2 is 1.74 bits per heavy atom. The quantitative estimate of drug-likeness (QED) is 0.551. The van der Waals surface area contributed by atoms with Gasteiger partial charge in [-0.05, 0) is 34.9 Å². The second kappa shape index (κ2) is 9.66. The number of hydrogen-bond acceptors (Lipinski definition) is 2. The number of aliphatic hydroxyl groups is 1. The molecule has 0 aliphatic carbocycles. The van der Waals surface area contributed by atoms with Gasteiger partial charge in [-0.25, -0.2) is 0 Å². The topological polar surface area (TPSA) is 33.1 Å². The summed E-state index contributed by atoms with van der Waals surface area (Å²) in [5.41, 5.74) is 7.43. The van der Waals surface area contributed by atoms with Crippen LogP contribution in [0.3, 0.4) is 0 Å². The lowest BCUT2D eigenvalue weighted by Gasteiger charge is -2.23. The molecule has 0 amide bonds. The van der Waals surface area contributed by atoms with Crippen molar-refractivity contribution in [2.24, 2.45) is 0 Å². The number of rotatable bonds is 8. The monoisotopic (exact) mass is 363 g/mol. The molecule has 0 unspecified atom stereocenters. The maximum absolute atomic E-state index is 10.3.